The summed E-state index contributed by atoms with van der Waals surface area (Å²) in [6.07, 6.45) is -4.71. The fraction of sp³-hybridized carbons (Fsp3) is 0.250. The Hall–Kier alpha value is -3.37. The molecular weight excluding hydrogens is 556 g/mol. The van der Waals surface area contributed by atoms with Crippen LogP contribution in [0.2, 0.25) is 5.02 Å². The number of benzene rings is 3. The minimum atomic E-state index is -4.60. The Morgan fingerprint density at radius 3 is 2.36 bits per heavy atom. The molecular formula is C28H25ClF4N2O3S. The third-order valence-electron chi connectivity index (χ3n) is 6.42. The zero-order valence-corrected chi connectivity index (χ0v) is 22.4. The second-order valence-corrected chi connectivity index (χ2v) is 11.7. The first kappa shape index (κ1) is 28.6. The molecule has 4 rings (SSSR count). The molecule has 0 spiro atoms. The van der Waals surface area contributed by atoms with Crippen molar-refractivity contribution in [2.24, 2.45) is 0 Å². The van der Waals surface area contributed by atoms with E-state index in [0.29, 0.717) is 27.7 Å². The van der Waals surface area contributed by atoms with Gasteiger partial charge < -0.3 is 9.88 Å². The van der Waals surface area contributed by atoms with Gasteiger partial charge in [-0.05, 0) is 59.7 Å². The molecule has 1 aromatic heterocycles. The van der Waals surface area contributed by atoms with Gasteiger partial charge in [0.05, 0.1) is 22.8 Å². The quantitative estimate of drug-likeness (QED) is 0.227. The summed E-state index contributed by atoms with van der Waals surface area (Å²) >= 11 is 5.80. The third kappa shape index (κ3) is 6.45. The monoisotopic (exact) mass is 580 g/mol. The first-order chi connectivity index (χ1) is 18.4. The molecule has 0 aliphatic carbocycles. The molecule has 1 N–H and O–H groups in total. The molecule has 0 aliphatic rings. The van der Waals surface area contributed by atoms with Crippen LogP contribution in [0.15, 0.2) is 71.6 Å². The van der Waals surface area contributed by atoms with Gasteiger partial charge in [-0.1, -0.05) is 36.7 Å². The normalized spacial score (nSPS) is 12.2. The second kappa shape index (κ2) is 11.4. The van der Waals surface area contributed by atoms with Gasteiger partial charge in [0.25, 0.3) is 5.91 Å². The molecule has 206 valence electrons. The van der Waals surface area contributed by atoms with Gasteiger partial charge in [-0.15, -0.1) is 0 Å². The zero-order valence-electron chi connectivity index (χ0n) is 20.9. The largest absolute Gasteiger partial charge is 0.416 e. The van der Waals surface area contributed by atoms with Gasteiger partial charge in [-0.25, -0.2) is 12.8 Å². The number of nitrogens with one attached hydrogen (secondary N) is 1. The van der Waals surface area contributed by atoms with E-state index in [4.69, 9.17) is 11.6 Å². The number of carbonyl (C=O) groups excluding carboxylic acids is 1. The number of alkyl halides is 4. The number of nitrogens with zero attached hydrogens (tertiary/aromatic N) is 1. The number of hydrogen-bond donors (Lipinski definition) is 1. The van der Waals surface area contributed by atoms with Gasteiger partial charge in [0.1, 0.15) is 6.67 Å². The highest BCUT2D eigenvalue weighted by molar-refractivity contribution is 7.91. The van der Waals surface area contributed by atoms with Gasteiger partial charge in [-0.3, -0.25) is 4.79 Å². The standard InChI is InChI=1S/C28H25ClF4N2O3S/c1-2-39(37,38)24-8-3-18(4-9-24)17-34-27(36)20-6-10-26-21(13-20)15-23(35(26)12-11-30)14-19-5-7-22(29)16-25(19)28(31,32)33/h3-10,13,15-16H,2,11-12,14,17H2,1H3,(H,34,36). The van der Waals surface area contributed by atoms with Gasteiger partial charge in [-0.2, -0.15) is 13.2 Å². The molecule has 0 saturated carbocycles. The molecule has 39 heavy (non-hydrogen) atoms. The molecule has 11 heteroatoms. The Balaban J connectivity index is 1.57. The number of carbonyl (C=O) groups is 1. The van der Waals surface area contributed by atoms with Crippen LogP contribution >= 0.6 is 11.6 Å². The summed E-state index contributed by atoms with van der Waals surface area (Å²) in [5.41, 5.74) is 1.24. The lowest BCUT2D eigenvalue weighted by atomic mass is 10.0. The molecule has 1 heterocycles. The Bertz CT molecular complexity index is 1610. The average Bonchev–Trinajstić information content (AvgIpc) is 3.24. The molecule has 0 radical (unpaired) electrons. The number of rotatable bonds is 9. The molecule has 0 unspecified atom stereocenters. The van der Waals surface area contributed by atoms with E-state index in [0.717, 1.165) is 6.07 Å². The third-order valence-corrected chi connectivity index (χ3v) is 8.41. The predicted octanol–water partition coefficient (Wildman–Crippen LogP) is 6.60. The first-order valence-electron chi connectivity index (χ1n) is 12.1. The van der Waals surface area contributed by atoms with Crippen LogP contribution in [0.25, 0.3) is 10.9 Å². The Morgan fingerprint density at radius 2 is 1.72 bits per heavy atom. The van der Waals surface area contributed by atoms with E-state index < -0.39 is 28.3 Å². The van der Waals surface area contributed by atoms with E-state index >= 15 is 0 Å². The molecule has 1 amide bonds. The molecule has 0 saturated heterocycles. The van der Waals surface area contributed by atoms with Crippen molar-refractivity contribution in [2.75, 3.05) is 12.4 Å². The van der Waals surface area contributed by atoms with Crippen LogP contribution in [0.1, 0.15) is 39.7 Å². The molecule has 0 atom stereocenters. The lowest BCUT2D eigenvalue weighted by molar-refractivity contribution is -0.138. The average molecular weight is 581 g/mol. The van der Waals surface area contributed by atoms with Crippen LogP contribution < -0.4 is 5.32 Å². The van der Waals surface area contributed by atoms with Crippen molar-refractivity contribution >= 4 is 38.2 Å². The number of sulfone groups is 1. The van der Waals surface area contributed by atoms with Crippen molar-refractivity contribution in [2.45, 2.75) is 37.5 Å². The van der Waals surface area contributed by atoms with Crippen molar-refractivity contribution in [3.8, 4) is 0 Å². The fourth-order valence-electron chi connectivity index (χ4n) is 4.39. The van der Waals surface area contributed by atoms with Crippen molar-refractivity contribution in [1.82, 2.24) is 9.88 Å². The number of aryl methyl sites for hydroxylation is 1. The van der Waals surface area contributed by atoms with Gasteiger partial charge >= 0.3 is 6.18 Å². The lowest BCUT2D eigenvalue weighted by Crippen LogP contribution is -2.22. The van der Waals surface area contributed by atoms with Gasteiger partial charge in [0, 0.05) is 40.1 Å². The van der Waals surface area contributed by atoms with Crippen LogP contribution in [0.4, 0.5) is 17.6 Å². The van der Waals surface area contributed by atoms with E-state index in [9.17, 15) is 30.8 Å². The number of fused-ring (bicyclic) bond motifs is 1. The first-order valence-corrected chi connectivity index (χ1v) is 14.1. The molecule has 0 bridgehead atoms. The maximum Gasteiger partial charge on any atom is 0.416 e. The van der Waals surface area contributed by atoms with Crippen LogP contribution in [0, 0.1) is 0 Å². The number of amides is 1. The smallest absolute Gasteiger partial charge is 0.348 e. The Kier molecular flexibility index (Phi) is 8.37. The van der Waals surface area contributed by atoms with E-state index in [1.807, 2.05) is 0 Å². The molecule has 0 aliphatic heterocycles. The minimum Gasteiger partial charge on any atom is -0.348 e. The fourth-order valence-corrected chi connectivity index (χ4v) is 5.45. The van der Waals surface area contributed by atoms with E-state index in [-0.39, 0.29) is 46.7 Å². The van der Waals surface area contributed by atoms with Gasteiger partial charge in [0.2, 0.25) is 0 Å². The Labute approximate surface area is 228 Å². The Morgan fingerprint density at radius 1 is 1.00 bits per heavy atom. The van der Waals surface area contributed by atoms with Crippen LogP contribution in [-0.2, 0) is 35.5 Å². The summed E-state index contributed by atoms with van der Waals surface area (Å²) in [6.45, 7) is 0.952. The maximum absolute atomic E-state index is 13.6. The summed E-state index contributed by atoms with van der Waals surface area (Å²) in [4.78, 5) is 13.0. The molecule has 3 aromatic carbocycles. The van der Waals surface area contributed by atoms with Crippen LogP contribution in [0.5, 0.6) is 0 Å². The van der Waals surface area contributed by atoms with E-state index in [2.05, 4.69) is 5.32 Å². The summed E-state index contributed by atoms with van der Waals surface area (Å²) in [5.74, 6) is -0.400. The number of hydrogen-bond acceptors (Lipinski definition) is 3. The SMILES string of the molecule is CCS(=O)(=O)c1ccc(CNC(=O)c2ccc3c(c2)cc(Cc2ccc(Cl)cc2C(F)(F)F)n3CCF)cc1. The second-order valence-electron chi connectivity index (χ2n) is 8.96. The maximum atomic E-state index is 13.6. The van der Waals surface area contributed by atoms with Crippen LogP contribution in [0.3, 0.4) is 0 Å². The van der Waals surface area contributed by atoms with Gasteiger partial charge in [0.15, 0.2) is 9.84 Å². The zero-order chi connectivity index (χ0) is 28.4. The highest BCUT2D eigenvalue weighted by Crippen LogP contribution is 2.35. The van der Waals surface area contributed by atoms with Crippen molar-refractivity contribution in [3.05, 3.63) is 99.7 Å². The summed E-state index contributed by atoms with van der Waals surface area (Å²) in [5, 5.41) is 3.33. The van der Waals surface area contributed by atoms with Crippen LogP contribution in [-0.4, -0.2) is 31.3 Å². The summed E-state index contributed by atoms with van der Waals surface area (Å²) in [7, 11) is -3.32. The van der Waals surface area contributed by atoms with E-state index in [1.54, 1.807) is 47.9 Å². The van der Waals surface area contributed by atoms with Crippen molar-refractivity contribution in [3.63, 3.8) is 0 Å². The lowest BCUT2D eigenvalue weighted by Gasteiger charge is -2.15. The molecule has 0 fully saturated rings. The van der Waals surface area contributed by atoms with Crippen molar-refractivity contribution in [1.29, 1.82) is 0 Å². The van der Waals surface area contributed by atoms with Crippen molar-refractivity contribution < 1.29 is 30.8 Å². The van der Waals surface area contributed by atoms with E-state index in [1.165, 1.54) is 24.3 Å². The topological polar surface area (TPSA) is 68.2 Å². The number of aromatic nitrogens is 1. The summed E-state index contributed by atoms with van der Waals surface area (Å²) in [6, 6.07) is 16.3. The minimum absolute atomic E-state index is 0.00513. The summed E-state index contributed by atoms with van der Waals surface area (Å²) < 4.78 is 79.8. The number of halogens is 5. The predicted molar refractivity (Wildman–Crippen MR) is 143 cm³/mol. The molecule has 4 aromatic rings. The highest BCUT2D eigenvalue weighted by atomic mass is 35.5. The highest BCUT2D eigenvalue weighted by Gasteiger charge is 2.33. The molecule has 5 nitrogen and oxygen atoms in total.